The molecule has 3 aliphatic rings. The molecule has 1 aromatic carbocycles. The first kappa shape index (κ1) is 17.4. The molecule has 6 heteroatoms. The van der Waals surface area contributed by atoms with Gasteiger partial charge in [-0.1, -0.05) is 11.6 Å². The van der Waals surface area contributed by atoms with Gasteiger partial charge in [0, 0.05) is 38.9 Å². The molecule has 0 bridgehead atoms. The van der Waals surface area contributed by atoms with E-state index in [9.17, 15) is 9.18 Å². The summed E-state index contributed by atoms with van der Waals surface area (Å²) in [6.07, 6.45) is 4.91. The monoisotopic (exact) mass is 357 g/mol. The number of hydrogen-bond acceptors (Lipinski definition) is 4. The van der Waals surface area contributed by atoms with Crippen molar-refractivity contribution in [3.05, 3.63) is 40.7 Å². The fourth-order valence-electron chi connectivity index (χ4n) is 4.29. The molecule has 138 valence electrons. The minimum Gasteiger partial charge on any atom is -0.481 e. The van der Waals surface area contributed by atoms with Crippen LogP contribution < -0.4 is 0 Å². The number of piperidine rings is 1. The third-order valence-electron chi connectivity index (χ3n) is 5.68. The molecular formula is C20H24FN3O2. The van der Waals surface area contributed by atoms with Crippen LogP contribution in [0.15, 0.2) is 28.8 Å². The van der Waals surface area contributed by atoms with Gasteiger partial charge in [0.2, 0.25) is 0 Å². The highest BCUT2D eigenvalue weighted by Gasteiger charge is 2.33. The third-order valence-corrected chi connectivity index (χ3v) is 5.68. The molecule has 1 unspecified atom stereocenters. The SMILES string of the molecule is O=C(O)CCN1CCC(=C2c3ccc(F)cc3CCN3CC=NC23)CC1. The zero-order valence-electron chi connectivity index (χ0n) is 14.8. The van der Waals surface area contributed by atoms with Gasteiger partial charge in [-0.2, -0.15) is 0 Å². The lowest BCUT2D eigenvalue weighted by molar-refractivity contribution is -0.137. The zero-order chi connectivity index (χ0) is 18.1. The number of benzene rings is 1. The number of carbonyl (C=O) groups is 1. The van der Waals surface area contributed by atoms with E-state index in [-0.39, 0.29) is 18.4 Å². The number of likely N-dealkylation sites (tertiary alicyclic amines) is 1. The average molecular weight is 357 g/mol. The number of nitrogens with zero attached hydrogens (tertiary/aromatic N) is 3. The van der Waals surface area contributed by atoms with E-state index < -0.39 is 5.97 Å². The van der Waals surface area contributed by atoms with Gasteiger partial charge in [-0.25, -0.2) is 4.39 Å². The summed E-state index contributed by atoms with van der Waals surface area (Å²) in [6, 6.07) is 5.14. The van der Waals surface area contributed by atoms with Crippen molar-refractivity contribution in [1.29, 1.82) is 0 Å². The minimum absolute atomic E-state index is 0.0438. The number of fused-ring (bicyclic) bond motifs is 2. The molecule has 1 N–H and O–H groups in total. The van der Waals surface area contributed by atoms with E-state index in [4.69, 9.17) is 10.1 Å². The molecule has 1 fully saturated rings. The number of aliphatic imine (C=N–C) groups is 1. The van der Waals surface area contributed by atoms with Gasteiger partial charge in [0.05, 0.1) is 6.42 Å². The Morgan fingerprint density at radius 2 is 2.04 bits per heavy atom. The molecule has 3 aliphatic heterocycles. The first-order chi connectivity index (χ1) is 12.6. The number of hydrogen-bond donors (Lipinski definition) is 1. The number of carboxylic acids is 1. The van der Waals surface area contributed by atoms with Crippen molar-refractivity contribution >= 4 is 17.8 Å². The highest BCUT2D eigenvalue weighted by Crippen LogP contribution is 2.37. The number of rotatable bonds is 3. The van der Waals surface area contributed by atoms with Gasteiger partial charge >= 0.3 is 5.97 Å². The summed E-state index contributed by atoms with van der Waals surface area (Å²) in [6.45, 7) is 4.09. The van der Waals surface area contributed by atoms with Crippen molar-refractivity contribution < 1.29 is 14.3 Å². The van der Waals surface area contributed by atoms with Crippen molar-refractivity contribution in [2.24, 2.45) is 4.99 Å². The number of aliphatic carboxylic acids is 1. The Morgan fingerprint density at radius 3 is 2.81 bits per heavy atom. The molecule has 0 amide bonds. The van der Waals surface area contributed by atoms with Crippen LogP contribution in [0.3, 0.4) is 0 Å². The summed E-state index contributed by atoms with van der Waals surface area (Å²) in [5.74, 6) is -0.924. The number of halogens is 1. The maximum atomic E-state index is 13.8. The van der Waals surface area contributed by atoms with Gasteiger partial charge in [-0.05, 0) is 48.1 Å². The molecule has 0 spiro atoms. The van der Waals surface area contributed by atoms with E-state index in [0.717, 1.165) is 56.6 Å². The predicted molar refractivity (Wildman–Crippen MR) is 98.8 cm³/mol. The first-order valence-corrected chi connectivity index (χ1v) is 9.32. The molecule has 1 atom stereocenters. The molecule has 0 saturated carbocycles. The fraction of sp³-hybridized carbons (Fsp3) is 0.500. The lowest BCUT2D eigenvalue weighted by Crippen LogP contribution is -2.35. The quantitative estimate of drug-likeness (QED) is 0.903. The first-order valence-electron chi connectivity index (χ1n) is 9.32. The van der Waals surface area contributed by atoms with Crippen LogP contribution in [0, 0.1) is 5.82 Å². The maximum Gasteiger partial charge on any atom is 0.304 e. The van der Waals surface area contributed by atoms with E-state index in [1.54, 1.807) is 12.1 Å². The Morgan fingerprint density at radius 1 is 1.23 bits per heavy atom. The van der Waals surface area contributed by atoms with E-state index in [1.807, 2.05) is 12.3 Å². The van der Waals surface area contributed by atoms with Crippen molar-refractivity contribution in [1.82, 2.24) is 9.80 Å². The summed E-state index contributed by atoms with van der Waals surface area (Å²) in [5, 5.41) is 8.88. The van der Waals surface area contributed by atoms with Crippen LogP contribution in [0.25, 0.3) is 5.57 Å². The van der Waals surface area contributed by atoms with E-state index in [1.165, 1.54) is 11.1 Å². The predicted octanol–water partition coefficient (Wildman–Crippen LogP) is 2.42. The fourth-order valence-corrected chi connectivity index (χ4v) is 4.29. The molecular weight excluding hydrogens is 333 g/mol. The lowest BCUT2D eigenvalue weighted by atomic mass is 9.89. The summed E-state index contributed by atoms with van der Waals surface area (Å²) < 4.78 is 13.8. The van der Waals surface area contributed by atoms with Crippen LogP contribution in [0.5, 0.6) is 0 Å². The molecule has 1 aromatic rings. The Balaban J connectivity index is 1.63. The van der Waals surface area contributed by atoms with Gasteiger partial charge in [0.15, 0.2) is 0 Å². The zero-order valence-corrected chi connectivity index (χ0v) is 14.8. The van der Waals surface area contributed by atoms with Gasteiger partial charge in [0.25, 0.3) is 0 Å². The maximum absolute atomic E-state index is 13.8. The van der Waals surface area contributed by atoms with Crippen molar-refractivity contribution in [2.75, 3.05) is 32.7 Å². The van der Waals surface area contributed by atoms with Crippen LogP contribution in [0.1, 0.15) is 30.4 Å². The number of carboxylic acid groups (broad SMARTS) is 1. The summed E-state index contributed by atoms with van der Waals surface area (Å²) in [4.78, 5) is 20.1. The molecule has 4 rings (SSSR count). The molecule has 3 heterocycles. The van der Waals surface area contributed by atoms with Gasteiger partial charge in [-0.3, -0.25) is 14.7 Å². The summed E-state index contributed by atoms with van der Waals surface area (Å²) in [5.41, 5.74) is 4.86. The van der Waals surface area contributed by atoms with Gasteiger partial charge in [0.1, 0.15) is 12.0 Å². The minimum atomic E-state index is -0.746. The normalized spacial score (nSPS) is 23.7. The topological polar surface area (TPSA) is 56.1 Å². The Labute approximate surface area is 152 Å². The second-order valence-electron chi connectivity index (χ2n) is 7.25. The molecule has 0 radical (unpaired) electrons. The van der Waals surface area contributed by atoms with Crippen LogP contribution >= 0.6 is 0 Å². The van der Waals surface area contributed by atoms with Crippen LogP contribution in [-0.4, -0.2) is 66.0 Å². The largest absolute Gasteiger partial charge is 0.481 e. The highest BCUT2D eigenvalue weighted by molar-refractivity contribution is 5.79. The third kappa shape index (κ3) is 3.44. The second-order valence-corrected chi connectivity index (χ2v) is 7.25. The van der Waals surface area contributed by atoms with Crippen molar-refractivity contribution in [3.63, 3.8) is 0 Å². The Hall–Kier alpha value is -2.05. The summed E-state index contributed by atoms with van der Waals surface area (Å²) >= 11 is 0. The molecule has 0 aliphatic carbocycles. The van der Waals surface area contributed by atoms with Crippen LogP contribution in [0.4, 0.5) is 4.39 Å². The summed E-state index contributed by atoms with van der Waals surface area (Å²) in [7, 11) is 0. The van der Waals surface area contributed by atoms with Crippen molar-refractivity contribution in [3.8, 4) is 0 Å². The standard InChI is InChI=1S/C20H24FN3O2/c21-16-1-2-17-15(13-16)5-11-24-12-7-22-20(24)19(17)14-3-8-23(9-4-14)10-6-18(25)26/h1-2,7,13,20H,3-6,8-12H2,(H,25,26). The second kappa shape index (κ2) is 7.29. The van der Waals surface area contributed by atoms with Gasteiger partial charge < -0.3 is 10.0 Å². The van der Waals surface area contributed by atoms with E-state index in [0.29, 0.717) is 6.54 Å². The van der Waals surface area contributed by atoms with Crippen LogP contribution in [-0.2, 0) is 11.2 Å². The van der Waals surface area contributed by atoms with Crippen molar-refractivity contribution in [2.45, 2.75) is 31.8 Å². The molecule has 1 saturated heterocycles. The highest BCUT2D eigenvalue weighted by atomic mass is 19.1. The molecule has 0 aromatic heterocycles. The van der Waals surface area contributed by atoms with E-state index in [2.05, 4.69) is 9.80 Å². The smallest absolute Gasteiger partial charge is 0.304 e. The average Bonchev–Trinajstić information content (AvgIpc) is 3.03. The van der Waals surface area contributed by atoms with Gasteiger partial charge in [-0.15, -0.1) is 0 Å². The molecule has 5 nitrogen and oxygen atoms in total. The van der Waals surface area contributed by atoms with Crippen LogP contribution in [0.2, 0.25) is 0 Å². The Kier molecular flexibility index (Phi) is 4.87. The molecule has 26 heavy (non-hydrogen) atoms. The van der Waals surface area contributed by atoms with E-state index >= 15 is 0 Å². The lowest BCUT2D eigenvalue weighted by Gasteiger charge is -2.32. The Bertz CT molecular complexity index is 764.